The van der Waals surface area contributed by atoms with E-state index in [1.807, 2.05) is 24.4 Å². The lowest BCUT2D eigenvalue weighted by molar-refractivity contribution is 1.11. The maximum Gasteiger partial charge on any atom is 0.0887 e. The molecule has 3 aromatic carbocycles. The number of pyridine rings is 2. The number of fused-ring (bicyclic) bond motifs is 5. The summed E-state index contributed by atoms with van der Waals surface area (Å²) in [6.45, 7) is 0. The molecule has 34 heavy (non-hydrogen) atoms. The van der Waals surface area contributed by atoms with Crippen LogP contribution in [0.1, 0.15) is 0 Å². The summed E-state index contributed by atoms with van der Waals surface area (Å²) in [4.78, 5) is 9.22. The van der Waals surface area contributed by atoms with Crippen LogP contribution in [-0.2, 0) is 0 Å². The molecule has 0 aliphatic rings. The lowest BCUT2D eigenvalue weighted by Gasteiger charge is -2.12. The summed E-state index contributed by atoms with van der Waals surface area (Å²) < 4.78 is 4.62. The van der Waals surface area contributed by atoms with Crippen molar-refractivity contribution in [3.05, 3.63) is 122 Å². The van der Waals surface area contributed by atoms with E-state index < -0.39 is 0 Å². The summed E-state index contributed by atoms with van der Waals surface area (Å²) in [5, 5.41) is 3.67. The van der Waals surface area contributed by atoms with Crippen molar-refractivity contribution in [1.29, 1.82) is 0 Å². The van der Waals surface area contributed by atoms with E-state index in [-0.39, 0.29) is 0 Å². The third-order valence-corrected chi connectivity index (χ3v) is 6.45. The van der Waals surface area contributed by atoms with Crippen LogP contribution in [0, 0.1) is 0 Å². The zero-order valence-electron chi connectivity index (χ0n) is 18.3. The van der Waals surface area contributed by atoms with E-state index in [1.165, 1.54) is 27.2 Å². The number of benzene rings is 3. The van der Waals surface area contributed by atoms with Gasteiger partial charge in [0.15, 0.2) is 0 Å². The van der Waals surface area contributed by atoms with Crippen molar-refractivity contribution >= 4 is 32.7 Å². The molecule has 0 spiro atoms. The van der Waals surface area contributed by atoms with Gasteiger partial charge in [-0.25, -0.2) is 0 Å². The van der Waals surface area contributed by atoms with Gasteiger partial charge in [0.25, 0.3) is 0 Å². The third kappa shape index (κ3) is 2.79. The highest BCUT2D eigenvalue weighted by atomic mass is 15.0. The Morgan fingerprint density at radius 2 is 1.35 bits per heavy atom. The molecular formula is C30H20N4. The molecule has 0 saturated carbocycles. The standard InChI is InChI=1S/C30H20N4/c1-2-8-22(9-3-1)33-19-17-21-13-15-25-24-10-4-5-12-28(24)34(30(25)29(21)33)23-14-16-27(32-20-23)26-11-6-7-18-31-26/h1-20H. The minimum absolute atomic E-state index is 0.864. The molecule has 0 saturated heterocycles. The van der Waals surface area contributed by atoms with Crippen LogP contribution in [0.2, 0.25) is 0 Å². The molecular weight excluding hydrogens is 416 g/mol. The van der Waals surface area contributed by atoms with E-state index in [1.54, 1.807) is 6.20 Å². The van der Waals surface area contributed by atoms with E-state index in [0.29, 0.717) is 0 Å². The largest absolute Gasteiger partial charge is 0.315 e. The number of nitrogens with zero attached hydrogens (tertiary/aromatic N) is 4. The number of hydrogen-bond donors (Lipinski definition) is 0. The molecule has 7 rings (SSSR count). The Morgan fingerprint density at radius 3 is 2.18 bits per heavy atom. The summed E-state index contributed by atoms with van der Waals surface area (Å²) in [5.41, 5.74) is 7.44. The molecule has 0 radical (unpaired) electrons. The topological polar surface area (TPSA) is 35.6 Å². The van der Waals surface area contributed by atoms with Crippen LogP contribution >= 0.6 is 0 Å². The highest BCUT2D eigenvalue weighted by Gasteiger charge is 2.18. The SMILES string of the molecule is c1ccc(-n2ccc3ccc4c5ccccc5n(-c5ccc(-c6ccccn6)nc5)c4c32)cc1. The van der Waals surface area contributed by atoms with Crippen molar-refractivity contribution in [2.24, 2.45) is 0 Å². The summed E-state index contributed by atoms with van der Waals surface area (Å²) >= 11 is 0. The average molecular weight is 437 g/mol. The van der Waals surface area contributed by atoms with Gasteiger partial charge in [0.1, 0.15) is 0 Å². The molecule has 0 bridgehead atoms. The number of hydrogen-bond acceptors (Lipinski definition) is 2. The number of rotatable bonds is 3. The molecule has 4 aromatic heterocycles. The van der Waals surface area contributed by atoms with E-state index >= 15 is 0 Å². The molecule has 0 aliphatic carbocycles. The Kier molecular flexibility index (Phi) is 4.11. The van der Waals surface area contributed by atoms with Gasteiger partial charge in [-0.2, -0.15) is 0 Å². The van der Waals surface area contributed by atoms with Gasteiger partial charge in [0.2, 0.25) is 0 Å². The number of para-hydroxylation sites is 2. The Morgan fingerprint density at radius 1 is 0.529 bits per heavy atom. The van der Waals surface area contributed by atoms with Gasteiger partial charge in [-0.1, -0.05) is 54.6 Å². The minimum Gasteiger partial charge on any atom is -0.315 e. The predicted octanol–water partition coefficient (Wildman–Crippen LogP) is 7.18. The Balaban J connectivity index is 1.55. The van der Waals surface area contributed by atoms with Crippen LogP contribution in [0.3, 0.4) is 0 Å². The summed E-state index contributed by atoms with van der Waals surface area (Å²) in [5.74, 6) is 0. The minimum atomic E-state index is 0.864. The Hall–Kier alpha value is -4.70. The van der Waals surface area contributed by atoms with Crippen LogP contribution in [0.15, 0.2) is 122 Å². The second kappa shape index (κ2) is 7.42. The average Bonchev–Trinajstić information content (AvgIpc) is 3.49. The normalized spacial score (nSPS) is 11.5. The summed E-state index contributed by atoms with van der Waals surface area (Å²) in [6.07, 6.45) is 5.90. The van der Waals surface area contributed by atoms with Gasteiger partial charge in [-0.15, -0.1) is 0 Å². The molecule has 0 atom stereocenters. The fourth-order valence-corrected chi connectivity index (χ4v) is 4.93. The van der Waals surface area contributed by atoms with E-state index in [0.717, 1.165) is 28.3 Å². The highest BCUT2D eigenvalue weighted by Crippen LogP contribution is 2.37. The second-order valence-electron chi connectivity index (χ2n) is 8.39. The summed E-state index contributed by atoms with van der Waals surface area (Å²) in [6, 6.07) is 35.8. The van der Waals surface area contributed by atoms with Crippen LogP contribution in [-0.4, -0.2) is 19.1 Å². The van der Waals surface area contributed by atoms with Crippen molar-refractivity contribution in [3.8, 4) is 22.8 Å². The van der Waals surface area contributed by atoms with E-state index in [9.17, 15) is 0 Å². The van der Waals surface area contributed by atoms with Crippen LogP contribution in [0.4, 0.5) is 0 Å². The smallest absolute Gasteiger partial charge is 0.0887 e. The molecule has 0 N–H and O–H groups in total. The predicted molar refractivity (Wildman–Crippen MR) is 139 cm³/mol. The van der Waals surface area contributed by atoms with Gasteiger partial charge < -0.3 is 9.13 Å². The van der Waals surface area contributed by atoms with Crippen molar-refractivity contribution in [1.82, 2.24) is 19.1 Å². The first kappa shape index (κ1) is 18.8. The van der Waals surface area contributed by atoms with Crippen molar-refractivity contribution in [2.45, 2.75) is 0 Å². The first-order chi connectivity index (χ1) is 16.9. The molecule has 4 heterocycles. The first-order valence-corrected chi connectivity index (χ1v) is 11.3. The quantitative estimate of drug-likeness (QED) is 0.294. The van der Waals surface area contributed by atoms with Crippen molar-refractivity contribution in [3.63, 3.8) is 0 Å². The van der Waals surface area contributed by atoms with Gasteiger partial charge in [-0.3, -0.25) is 9.97 Å². The lowest BCUT2D eigenvalue weighted by atomic mass is 10.1. The molecule has 7 aromatic rings. The van der Waals surface area contributed by atoms with Crippen LogP contribution < -0.4 is 0 Å². The second-order valence-corrected chi connectivity index (χ2v) is 8.39. The molecule has 0 unspecified atom stereocenters. The highest BCUT2D eigenvalue weighted by molar-refractivity contribution is 6.18. The van der Waals surface area contributed by atoms with Crippen LogP contribution in [0.25, 0.3) is 55.5 Å². The third-order valence-electron chi connectivity index (χ3n) is 6.45. The maximum absolute atomic E-state index is 4.78. The first-order valence-electron chi connectivity index (χ1n) is 11.3. The van der Waals surface area contributed by atoms with E-state index in [4.69, 9.17) is 4.98 Å². The molecule has 4 heteroatoms. The molecule has 4 nitrogen and oxygen atoms in total. The fraction of sp³-hybridized carbons (Fsp3) is 0. The molecule has 0 aliphatic heterocycles. The molecule has 0 fully saturated rings. The maximum atomic E-state index is 4.78. The van der Waals surface area contributed by atoms with E-state index in [2.05, 4.69) is 105 Å². The number of aromatic nitrogens is 4. The van der Waals surface area contributed by atoms with Gasteiger partial charge in [0.05, 0.1) is 39.8 Å². The van der Waals surface area contributed by atoms with Gasteiger partial charge in [-0.05, 0) is 48.5 Å². The zero-order chi connectivity index (χ0) is 22.5. The fourth-order valence-electron chi connectivity index (χ4n) is 4.93. The summed E-state index contributed by atoms with van der Waals surface area (Å²) in [7, 11) is 0. The Bertz CT molecular complexity index is 1780. The van der Waals surface area contributed by atoms with Crippen molar-refractivity contribution in [2.75, 3.05) is 0 Å². The van der Waals surface area contributed by atoms with Crippen LogP contribution in [0.5, 0.6) is 0 Å². The van der Waals surface area contributed by atoms with Gasteiger partial charge >= 0.3 is 0 Å². The Labute approximate surface area is 196 Å². The monoisotopic (exact) mass is 436 g/mol. The van der Waals surface area contributed by atoms with Gasteiger partial charge in [0, 0.05) is 34.2 Å². The lowest BCUT2D eigenvalue weighted by Crippen LogP contribution is -1.99. The molecule has 0 amide bonds. The molecule has 160 valence electrons. The van der Waals surface area contributed by atoms with Crippen molar-refractivity contribution < 1.29 is 0 Å². The zero-order valence-corrected chi connectivity index (χ0v) is 18.3.